The van der Waals surface area contributed by atoms with Gasteiger partial charge in [0, 0.05) is 0 Å². The predicted molar refractivity (Wildman–Crippen MR) is 318 cm³/mol. The summed E-state index contributed by atoms with van der Waals surface area (Å²) < 4.78 is 293. The maximum Gasteiger partial charge on any atom is 0.481 e. The monoisotopic (exact) mass is 1810 g/mol. The zero-order valence-electron chi connectivity index (χ0n) is 56.3. The lowest BCUT2D eigenvalue weighted by molar-refractivity contribution is -0.205. The van der Waals surface area contributed by atoms with Gasteiger partial charge in [0.25, 0.3) is 45.7 Å². The van der Waals surface area contributed by atoms with E-state index in [1.54, 1.807) is 15.0 Å². The maximum absolute atomic E-state index is 15.2. The number of phosphoric acid groups is 8. The van der Waals surface area contributed by atoms with Gasteiger partial charge in [0.1, 0.15) is 75.2 Å². The number of H-pyrrole nitrogens is 4. The second kappa shape index (κ2) is 34.6. The fourth-order valence-electron chi connectivity index (χ4n) is 7.66. The number of aliphatic hydroxyl groups is 8. The molecule has 4 aromatic heterocycles. The zero-order valence-corrected chi connectivity index (χ0v) is 59.9. The number of alkyl halides is 4. The molecular weight excluding hydrogens is 1760 g/mol. The topological polar surface area (TPSA) is 820 Å². The van der Waals surface area contributed by atoms with Crippen LogP contribution in [-0.4, -0.2) is 236 Å². The average molecular weight is 1810 g/mol. The standard InChI is InChI=1S/C9H12F2N2O12P2.3C9H12F2N2O11P2S/c10-3-1-13(8(17)12-6(3)16)7-4(14)5(15)9(11,24-7)2-23-27(21,22)25-26(18,19)20;3*10-3-1-13(8(27)12-6(3)16)7-4(14)5(15)9(11,23-7)2-22-26(20,21)24-25(17,18)19/h1,4-5,7,14-15H,2H2,(H,21,22)(H,12,16,17)(H2,18,19,20);3*1,4-5,7,14-15H,2H2,(H,20,21)(H,12,16,27)(H2,17,18,19)/t4*4-,5+,7-,9-/m1111/s1/i;2D2,7D;7D;2D2. The van der Waals surface area contributed by atoms with Crippen LogP contribution in [0.1, 0.15) is 33.1 Å². The number of hydrogen-bond acceptors (Lipinski definition) is 36. The molecule has 4 aromatic rings. The van der Waals surface area contributed by atoms with Gasteiger partial charge in [0.05, 0.1) is 33.0 Å². The van der Waals surface area contributed by atoms with Crippen molar-refractivity contribution in [2.45, 2.75) is 97.1 Å². The van der Waals surface area contributed by atoms with E-state index in [9.17, 15) is 137 Å². The van der Waals surface area contributed by atoms with E-state index >= 15 is 8.78 Å². The lowest BCUT2D eigenvalue weighted by Crippen LogP contribution is -2.43. The van der Waals surface area contributed by atoms with Crippen molar-refractivity contribution in [3.63, 3.8) is 0 Å². The van der Waals surface area contributed by atoms with Gasteiger partial charge in [0.2, 0.25) is 23.3 Å². The Morgan fingerprint density at radius 3 is 0.991 bits per heavy atom. The second-order valence-corrected chi connectivity index (χ2v) is 32.3. The van der Waals surface area contributed by atoms with Crippen LogP contribution in [0.3, 0.4) is 0 Å². The molecule has 0 saturated carbocycles. The Labute approximate surface area is 607 Å². The highest BCUT2D eigenvalue weighted by Crippen LogP contribution is 2.62. The maximum atomic E-state index is 15.2. The van der Waals surface area contributed by atoms with Gasteiger partial charge < -0.3 is 119 Å². The quantitative estimate of drug-likeness (QED) is 0.0178. The Balaban J connectivity index is 0.000000272. The first-order valence-electron chi connectivity index (χ1n) is 28.9. The van der Waals surface area contributed by atoms with Gasteiger partial charge in [-0.3, -0.25) is 75.5 Å². The summed E-state index contributed by atoms with van der Waals surface area (Å²) in [5.41, 5.74) is -6.74. The van der Waals surface area contributed by atoms with Crippen molar-refractivity contribution in [1.29, 1.82) is 0 Å². The van der Waals surface area contributed by atoms with Gasteiger partial charge in [0.15, 0.2) is 39.2 Å². The largest absolute Gasteiger partial charge is 0.481 e. The van der Waals surface area contributed by atoms with E-state index in [-0.39, 0.29) is 32.3 Å². The lowest BCUT2D eigenvalue weighted by Gasteiger charge is -2.24. The van der Waals surface area contributed by atoms with Crippen LogP contribution in [0, 0.1) is 37.6 Å². The first kappa shape index (κ1) is 84.9. The van der Waals surface area contributed by atoms with E-state index in [1.165, 1.54) is 4.98 Å². The van der Waals surface area contributed by atoms with Gasteiger partial charge >= 0.3 is 68.3 Å². The molecule has 0 bridgehead atoms. The van der Waals surface area contributed by atoms with E-state index in [1.807, 2.05) is 0 Å². The van der Waals surface area contributed by atoms with Crippen LogP contribution in [0.2, 0.25) is 0 Å². The van der Waals surface area contributed by atoms with Crippen LogP contribution in [0.15, 0.2) is 48.8 Å². The molecule has 72 heteroatoms. The Kier molecular flexibility index (Phi) is 27.2. The first-order chi connectivity index (χ1) is 50.8. The van der Waals surface area contributed by atoms with Crippen LogP contribution in [0.4, 0.5) is 35.1 Å². The molecule has 0 radical (unpaired) electrons. The fraction of sp³-hybridized carbons (Fsp3) is 0.556. The third-order valence-corrected chi connectivity index (χ3v) is 21.2. The molecular formula is C36H48F8N8O45P8S3. The molecule has 4 aliphatic heterocycles. The van der Waals surface area contributed by atoms with Crippen molar-refractivity contribution >= 4 is 99.2 Å². The molecule has 4 fully saturated rings. The summed E-state index contributed by atoms with van der Waals surface area (Å²) in [7, 11) is -45.6. The number of hydrogen-bond donors (Lipinski definition) is 24. The highest BCUT2D eigenvalue weighted by Gasteiger charge is 2.61. The third-order valence-electron chi connectivity index (χ3n) is 12.1. The summed E-state index contributed by atoms with van der Waals surface area (Å²) in [4.78, 5) is 167. The van der Waals surface area contributed by atoms with E-state index in [2.05, 4.69) is 90.9 Å². The number of nitrogens with one attached hydrogen (secondary N) is 4. The Morgan fingerprint density at radius 1 is 0.398 bits per heavy atom. The van der Waals surface area contributed by atoms with Crippen LogP contribution in [0.25, 0.3) is 0 Å². The van der Waals surface area contributed by atoms with Crippen LogP contribution in [0.5, 0.6) is 0 Å². The zero-order chi connectivity index (χ0) is 88.6. The molecule has 53 nitrogen and oxygen atoms in total. The highest BCUT2D eigenvalue weighted by molar-refractivity contribution is 7.71. The van der Waals surface area contributed by atoms with Gasteiger partial charge in [-0.15, -0.1) is 0 Å². The number of aromatic nitrogens is 8. The summed E-state index contributed by atoms with van der Waals surface area (Å²) in [5.74, 6) is -21.8. The van der Waals surface area contributed by atoms with E-state index < -0.39 is 252 Å². The van der Waals surface area contributed by atoms with Gasteiger partial charge in [-0.05, 0) is 36.7 Å². The van der Waals surface area contributed by atoms with E-state index in [0.29, 0.717) is 10.8 Å². The Bertz CT molecular complexity index is 5260. The van der Waals surface area contributed by atoms with Gasteiger partial charge in [-0.1, -0.05) is 0 Å². The number of rotatable bonds is 24. The van der Waals surface area contributed by atoms with Crippen LogP contribution < -0.4 is 27.9 Å². The molecule has 4 saturated heterocycles. The highest BCUT2D eigenvalue weighted by atomic mass is 32.1. The summed E-state index contributed by atoms with van der Waals surface area (Å²) in [6.45, 7) is -12.0. The Hall–Kier alpha value is -4.02. The van der Waals surface area contributed by atoms with Crippen LogP contribution >= 0.6 is 99.2 Å². The molecule has 0 aromatic carbocycles. The van der Waals surface area contributed by atoms with Crippen molar-refractivity contribution < 1.29 is 234 Å². The number of phosphoric ester groups is 4. The van der Waals surface area contributed by atoms with Crippen LogP contribution in [-0.2, 0) is 90.8 Å². The van der Waals surface area contributed by atoms with Crippen molar-refractivity contribution in [1.82, 2.24) is 38.2 Å². The minimum atomic E-state index is -6.06. The van der Waals surface area contributed by atoms with E-state index in [4.69, 9.17) is 57.2 Å². The minimum absolute atomic E-state index is 0.0923. The molecule has 8 heterocycles. The Morgan fingerprint density at radius 2 is 0.639 bits per heavy atom. The molecule has 8 rings (SSSR count). The molecule has 24 N–H and O–H groups in total. The minimum Gasteiger partial charge on any atom is -0.385 e. The summed E-state index contributed by atoms with van der Waals surface area (Å²) in [5, 5.41) is 79.2. The van der Waals surface area contributed by atoms with Gasteiger partial charge in [-0.2, -0.15) is 34.8 Å². The van der Waals surface area contributed by atoms with Crippen molar-refractivity contribution in [3.05, 3.63) is 114 Å². The van der Waals surface area contributed by atoms with Crippen molar-refractivity contribution in [2.75, 3.05) is 26.3 Å². The second-order valence-electron chi connectivity index (χ2n) is 20.0. The van der Waals surface area contributed by atoms with Crippen molar-refractivity contribution in [3.8, 4) is 0 Å². The number of aromatic amines is 4. The normalized spacial score (nSPS) is 33.4. The first-order valence-corrected chi connectivity index (χ1v) is 39.3. The fourth-order valence-corrected chi connectivity index (χ4v) is 14.5. The number of halogens is 8. The predicted octanol–water partition coefficient (Wildman–Crippen LogP) is -4.62. The summed E-state index contributed by atoms with van der Waals surface area (Å²) in [6, 6.07) is 0. The smallest absolute Gasteiger partial charge is 0.385 e. The summed E-state index contributed by atoms with van der Waals surface area (Å²) in [6.07, 6.45) is -30.7. The third kappa shape index (κ3) is 25.0. The molecule has 0 aliphatic carbocycles. The SMILES string of the molecule is O=c1[nH]c(=O)n([C@@H]2O[C@](F)(COP(=O)(O)OP(=O)(O)O)[C@@H](O)[C@H]2O)cc1F.[2H]C([2H])(OP(=O)(O)OP(=O)(O)O)[C@@]1(F)O[C@@H](n2cc(F)c(=O)[nH]c2=S)[C@H](O)[C@@H]1O.[2H]C([2H])(OP(=O)(O)OP(=O)(O)O)[C@@]1(F)O[C@@]([2H])(n2cc(F)c(=O)[nH]c2=S)[C@H](O)[C@@H]1O.[2H][C@@]1(n2cc(F)c(=O)[nH]c2=S)O[C@](F)(COP(=O)(O)OP(=O)(O)O)[C@@H](O)[C@H]1O. The van der Waals surface area contributed by atoms with Crippen molar-refractivity contribution in [2.24, 2.45) is 0 Å². The molecule has 20 atom stereocenters. The number of nitrogens with zero attached hydrogens (tertiary/aromatic N) is 4. The van der Waals surface area contributed by atoms with Gasteiger partial charge in [-0.25, -0.2) is 58.9 Å². The van der Waals surface area contributed by atoms with E-state index in [0.717, 1.165) is 0 Å². The summed E-state index contributed by atoms with van der Waals surface area (Å²) >= 11 is 14.0. The molecule has 4 aliphatic rings. The lowest BCUT2D eigenvalue weighted by atomic mass is 10.1. The molecule has 0 amide bonds. The number of aliphatic hydroxyl groups excluding tert-OH is 8. The molecule has 0 spiro atoms. The average Bonchev–Trinajstić information content (AvgIpc) is 1.55. The molecule has 4 unspecified atom stereocenters. The number of ether oxygens (including phenoxy) is 4. The molecule has 616 valence electrons. The molecule has 108 heavy (non-hydrogen) atoms.